The highest BCUT2D eigenvalue weighted by molar-refractivity contribution is 5.95. The van der Waals surface area contributed by atoms with Gasteiger partial charge in [-0.1, -0.05) is 48.5 Å². The van der Waals surface area contributed by atoms with Gasteiger partial charge in [-0.05, 0) is 30.0 Å². The molecule has 14 nitrogen and oxygen atoms in total. The third-order valence-electron chi connectivity index (χ3n) is 6.67. The molecule has 14 heteroatoms. The normalized spacial score (nSPS) is 13.7. The molecule has 43 heavy (non-hydrogen) atoms. The number of para-hydroxylation sites is 1. The van der Waals surface area contributed by atoms with Crippen molar-refractivity contribution in [1.29, 1.82) is 0 Å². The molecule has 0 saturated heterocycles. The van der Waals surface area contributed by atoms with Crippen LogP contribution in [0.15, 0.2) is 60.8 Å². The van der Waals surface area contributed by atoms with Gasteiger partial charge in [0.2, 0.25) is 23.6 Å². The van der Waals surface area contributed by atoms with Crippen LogP contribution in [0.2, 0.25) is 0 Å². The topological polar surface area (TPSA) is 247 Å². The molecule has 0 saturated carbocycles. The zero-order valence-corrected chi connectivity index (χ0v) is 23.1. The summed E-state index contributed by atoms with van der Waals surface area (Å²) >= 11 is 0. The number of carbonyl (C=O) groups excluding carboxylic acids is 4. The first-order chi connectivity index (χ1) is 20.4. The van der Waals surface area contributed by atoms with Crippen LogP contribution < -0.4 is 27.4 Å². The minimum Gasteiger partial charge on any atom is -0.481 e. The van der Waals surface area contributed by atoms with E-state index >= 15 is 0 Å². The molecule has 4 unspecified atom stereocenters. The first-order valence-electron chi connectivity index (χ1n) is 13.4. The second-order valence-electron chi connectivity index (χ2n) is 9.98. The Morgan fingerprint density at radius 3 is 2.02 bits per heavy atom. The second-order valence-corrected chi connectivity index (χ2v) is 9.98. The number of nitrogens with one attached hydrogen (secondary N) is 4. The number of fused-ring (bicyclic) bond motifs is 1. The zero-order chi connectivity index (χ0) is 31.5. The summed E-state index contributed by atoms with van der Waals surface area (Å²) in [5, 5.41) is 26.3. The number of amides is 4. The smallest absolute Gasteiger partial charge is 0.326 e. The molecular weight excluding hydrogens is 560 g/mol. The Morgan fingerprint density at radius 1 is 0.767 bits per heavy atom. The van der Waals surface area contributed by atoms with Gasteiger partial charge in [-0.2, -0.15) is 0 Å². The molecule has 4 amide bonds. The van der Waals surface area contributed by atoms with Gasteiger partial charge in [0.25, 0.3) is 0 Å². The Kier molecular flexibility index (Phi) is 11.3. The van der Waals surface area contributed by atoms with Crippen LogP contribution in [-0.4, -0.2) is 74.9 Å². The SMILES string of the molecule is NC(=O)CCC(NC(=O)C(Cc1c[nH]c2ccccc12)NC(=O)C(N)Cc1ccccc1)C(=O)NC(CC(=O)O)C(=O)O. The summed E-state index contributed by atoms with van der Waals surface area (Å²) in [6.07, 6.45) is 0.278. The van der Waals surface area contributed by atoms with Crippen LogP contribution in [0.1, 0.15) is 30.4 Å². The number of primary amides is 1. The molecule has 0 aliphatic rings. The maximum Gasteiger partial charge on any atom is 0.326 e. The first kappa shape index (κ1) is 32.3. The van der Waals surface area contributed by atoms with Crippen molar-refractivity contribution in [3.8, 4) is 0 Å². The molecule has 0 radical (unpaired) electrons. The summed E-state index contributed by atoms with van der Waals surface area (Å²) in [5.41, 5.74) is 13.6. The van der Waals surface area contributed by atoms with E-state index in [9.17, 15) is 33.9 Å². The number of hydrogen-bond donors (Lipinski definition) is 8. The van der Waals surface area contributed by atoms with E-state index in [1.165, 1.54) is 0 Å². The molecule has 10 N–H and O–H groups in total. The maximum absolute atomic E-state index is 13.6. The molecule has 0 aliphatic heterocycles. The third-order valence-corrected chi connectivity index (χ3v) is 6.67. The fourth-order valence-corrected chi connectivity index (χ4v) is 4.44. The molecule has 0 bridgehead atoms. The summed E-state index contributed by atoms with van der Waals surface area (Å²) in [4.78, 5) is 76.8. The highest BCUT2D eigenvalue weighted by Crippen LogP contribution is 2.19. The fourth-order valence-electron chi connectivity index (χ4n) is 4.44. The van der Waals surface area contributed by atoms with E-state index in [1.807, 2.05) is 30.3 Å². The molecule has 228 valence electrons. The van der Waals surface area contributed by atoms with Gasteiger partial charge in [0.1, 0.15) is 18.1 Å². The van der Waals surface area contributed by atoms with Crippen molar-refractivity contribution in [2.45, 2.75) is 56.3 Å². The van der Waals surface area contributed by atoms with E-state index in [0.29, 0.717) is 5.56 Å². The van der Waals surface area contributed by atoms with Gasteiger partial charge >= 0.3 is 11.9 Å². The molecular formula is C29H34N6O8. The molecule has 3 rings (SSSR count). The van der Waals surface area contributed by atoms with E-state index < -0.39 is 66.2 Å². The monoisotopic (exact) mass is 594 g/mol. The molecule has 3 aromatic rings. The van der Waals surface area contributed by atoms with E-state index in [2.05, 4.69) is 20.9 Å². The van der Waals surface area contributed by atoms with Gasteiger partial charge in [-0.15, -0.1) is 0 Å². The largest absolute Gasteiger partial charge is 0.481 e. The predicted octanol–water partition coefficient (Wildman–Crippen LogP) is -0.440. The number of benzene rings is 2. The second kappa shape index (κ2) is 15.1. The number of carboxylic acid groups (broad SMARTS) is 2. The van der Waals surface area contributed by atoms with Gasteiger partial charge in [-0.3, -0.25) is 24.0 Å². The molecule has 0 aliphatic carbocycles. The van der Waals surface area contributed by atoms with Crippen LogP contribution >= 0.6 is 0 Å². The minimum absolute atomic E-state index is 0.0133. The number of aromatic amines is 1. The average molecular weight is 595 g/mol. The van der Waals surface area contributed by atoms with Gasteiger partial charge in [0, 0.05) is 29.9 Å². The summed E-state index contributed by atoms with van der Waals surface area (Å²) < 4.78 is 0. The van der Waals surface area contributed by atoms with Gasteiger partial charge in [-0.25, -0.2) is 4.79 Å². The van der Waals surface area contributed by atoms with Crippen molar-refractivity contribution < 1.29 is 39.0 Å². The first-order valence-corrected chi connectivity index (χ1v) is 13.4. The standard InChI is InChI=1S/C29H34N6O8/c30-19(12-16-6-2-1-3-7-16)26(39)34-22(13-17-15-32-20-9-5-4-8-18(17)20)28(41)33-21(10-11-24(31)36)27(40)35-23(29(42)43)14-25(37)38/h1-9,15,19,21-23,32H,10-14,30H2,(H2,31,36)(H,33,41)(H,34,39)(H,35,40)(H,37,38)(H,42,43). The highest BCUT2D eigenvalue weighted by atomic mass is 16.4. The number of nitrogens with two attached hydrogens (primary N) is 2. The predicted molar refractivity (Wildman–Crippen MR) is 154 cm³/mol. The summed E-state index contributed by atoms with van der Waals surface area (Å²) in [6.45, 7) is 0. The quantitative estimate of drug-likeness (QED) is 0.107. The lowest BCUT2D eigenvalue weighted by atomic mass is 10.0. The van der Waals surface area contributed by atoms with Crippen molar-refractivity contribution in [2.75, 3.05) is 0 Å². The molecule has 0 fully saturated rings. The molecule has 2 aromatic carbocycles. The molecule has 0 spiro atoms. The number of rotatable bonds is 16. The lowest BCUT2D eigenvalue weighted by molar-refractivity contribution is -0.147. The average Bonchev–Trinajstić information content (AvgIpc) is 3.37. The van der Waals surface area contributed by atoms with Crippen LogP contribution in [0.5, 0.6) is 0 Å². The highest BCUT2D eigenvalue weighted by Gasteiger charge is 2.32. The van der Waals surface area contributed by atoms with Crippen molar-refractivity contribution >= 4 is 46.5 Å². The van der Waals surface area contributed by atoms with Gasteiger partial charge in [0.05, 0.1) is 12.5 Å². The molecule has 1 aromatic heterocycles. The Labute approximate surface area is 246 Å². The summed E-state index contributed by atoms with van der Waals surface area (Å²) in [7, 11) is 0. The lowest BCUT2D eigenvalue weighted by Gasteiger charge is -2.25. The van der Waals surface area contributed by atoms with E-state index in [0.717, 1.165) is 16.5 Å². The Balaban J connectivity index is 1.84. The molecule has 4 atom stereocenters. The Hall–Kier alpha value is -5.24. The fraction of sp³-hybridized carbons (Fsp3) is 0.310. The van der Waals surface area contributed by atoms with E-state index in [4.69, 9.17) is 16.6 Å². The Bertz CT molecular complexity index is 1470. The van der Waals surface area contributed by atoms with Crippen LogP contribution in [-0.2, 0) is 41.6 Å². The number of H-pyrrole nitrogens is 1. The maximum atomic E-state index is 13.6. The van der Waals surface area contributed by atoms with Crippen LogP contribution in [0.4, 0.5) is 0 Å². The summed E-state index contributed by atoms with van der Waals surface area (Å²) in [6, 6.07) is 10.8. The van der Waals surface area contributed by atoms with Crippen molar-refractivity contribution in [2.24, 2.45) is 11.5 Å². The van der Waals surface area contributed by atoms with Gasteiger partial charge in [0.15, 0.2) is 0 Å². The number of carboxylic acids is 2. The number of carbonyl (C=O) groups is 6. The number of aromatic nitrogens is 1. The van der Waals surface area contributed by atoms with Crippen LogP contribution in [0.25, 0.3) is 10.9 Å². The Morgan fingerprint density at radius 2 is 1.37 bits per heavy atom. The van der Waals surface area contributed by atoms with Crippen LogP contribution in [0, 0.1) is 0 Å². The zero-order valence-electron chi connectivity index (χ0n) is 23.1. The minimum atomic E-state index is -1.80. The van der Waals surface area contributed by atoms with Gasteiger partial charge < -0.3 is 42.6 Å². The van der Waals surface area contributed by atoms with Crippen molar-refractivity contribution in [3.63, 3.8) is 0 Å². The van der Waals surface area contributed by atoms with E-state index in [1.54, 1.807) is 30.5 Å². The lowest BCUT2D eigenvalue weighted by Crippen LogP contribution is -2.58. The number of aliphatic carboxylic acids is 2. The third kappa shape index (κ3) is 9.67. The van der Waals surface area contributed by atoms with Crippen molar-refractivity contribution in [3.05, 3.63) is 71.9 Å². The number of hydrogen-bond acceptors (Lipinski definition) is 7. The van der Waals surface area contributed by atoms with Crippen LogP contribution in [0.3, 0.4) is 0 Å². The van der Waals surface area contributed by atoms with E-state index in [-0.39, 0.29) is 25.7 Å². The van der Waals surface area contributed by atoms with Crippen molar-refractivity contribution in [1.82, 2.24) is 20.9 Å². The summed E-state index contributed by atoms with van der Waals surface area (Å²) in [5.74, 6) is -6.36. The molecule has 1 heterocycles.